The van der Waals surface area contributed by atoms with Crippen LogP contribution >= 0.6 is 15.9 Å². The van der Waals surface area contributed by atoms with Crippen molar-refractivity contribution in [3.05, 3.63) is 23.8 Å². The van der Waals surface area contributed by atoms with Gasteiger partial charge in [-0.15, -0.1) is 0 Å². The number of hydrogen-bond donors (Lipinski definition) is 2. The summed E-state index contributed by atoms with van der Waals surface area (Å²) in [5.41, 5.74) is 1.09. The van der Waals surface area contributed by atoms with Gasteiger partial charge in [0.05, 0.1) is 0 Å². The van der Waals surface area contributed by atoms with E-state index in [-0.39, 0.29) is 11.5 Å². The zero-order chi connectivity index (χ0) is 11.1. The van der Waals surface area contributed by atoms with Gasteiger partial charge < -0.3 is 10.2 Å². The topological polar surface area (TPSA) is 40.5 Å². The van der Waals surface area contributed by atoms with Crippen LogP contribution in [0.25, 0.3) is 0 Å². The van der Waals surface area contributed by atoms with Crippen molar-refractivity contribution in [3.8, 4) is 11.5 Å². The third-order valence-electron chi connectivity index (χ3n) is 2.39. The maximum Gasteiger partial charge on any atom is 0.157 e. The Hall–Kier alpha value is -0.700. The predicted octanol–water partition coefficient (Wildman–Crippen LogP) is 3.60. The van der Waals surface area contributed by atoms with E-state index in [1.165, 1.54) is 19.3 Å². The first-order chi connectivity index (χ1) is 7.24. The van der Waals surface area contributed by atoms with Gasteiger partial charge in [-0.2, -0.15) is 0 Å². The Morgan fingerprint density at radius 2 is 1.67 bits per heavy atom. The minimum absolute atomic E-state index is 0.0204. The summed E-state index contributed by atoms with van der Waals surface area (Å²) in [7, 11) is 0. The number of phenols is 2. The number of aromatic hydroxyl groups is 2. The lowest BCUT2D eigenvalue weighted by Crippen LogP contribution is -1.86. The number of benzene rings is 1. The fraction of sp³-hybridized carbons (Fsp3) is 0.500. The Morgan fingerprint density at radius 3 is 2.33 bits per heavy atom. The van der Waals surface area contributed by atoms with Gasteiger partial charge in [-0.3, -0.25) is 0 Å². The Kier molecular flexibility index (Phi) is 5.54. The van der Waals surface area contributed by atoms with Crippen LogP contribution in [0, 0.1) is 0 Å². The first kappa shape index (κ1) is 12.4. The minimum Gasteiger partial charge on any atom is -0.504 e. The number of alkyl halides is 1. The summed E-state index contributed by atoms with van der Waals surface area (Å²) in [6.45, 7) is 0. The van der Waals surface area contributed by atoms with E-state index in [9.17, 15) is 5.11 Å². The van der Waals surface area contributed by atoms with E-state index >= 15 is 0 Å². The molecule has 0 aliphatic carbocycles. The lowest BCUT2D eigenvalue weighted by molar-refractivity contribution is 0.403. The molecule has 0 heterocycles. The van der Waals surface area contributed by atoms with Crippen LogP contribution < -0.4 is 0 Å². The molecule has 84 valence electrons. The first-order valence-electron chi connectivity index (χ1n) is 5.31. The summed E-state index contributed by atoms with van der Waals surface area (Å²) < 4.78 is 0. The summed E-state index contributed by atoms with van der Waals surface area (Å²) in [6.07, 6.45) is 5.79. The molecule has 0 bridgehead atoms. The molecule has 0 saturated carbocycles. The molecule has 1 aromatic rings. The van der Waals surface area contributed by atoms with Crippen molar-refractivity contribution < 1.29 is 10.2 Å². The van der Waals surface area contributed by atoms with Gasteiger partial charge in [-0.25, -0.2) is 0 Å². The van der Waals surface area contributed by atoms with E-state index in [1.807, 2.05) is 6.07 Å². The summed E-state index contributed by atoms with van der Waals surface area (Å²) in [5.74, 6) is -0.0639. The van der Waals surface area contributed by atoms with Gasteiger partial charge in [0, 0.05) is 5.33 Å². The van der Waals surface area contributed by atoms with Crippen molar-refractivity contribution in [1.82, 2.24) is 0 Å². The van der Waals surface area contributed by atoms with Crippen LogP contribution in [0.1, 0.15) is 31.2 Å². The number of aryl methyl sites for hydroxylation is 1. The number of hydrogen-bond acceptors (Lipinski definition) is 2. The average molecular weight is 273 g/mol. The molecule has 0 atom stereocenters. The third kappa shape index (κ3) is 4.56. The Bertz CT molecular complexity index is 300. The molecule has 0 spiro atoms. The van der Waals surface area contributed by atoms with Gasteiger partial charge in [0.15, 0.2) is 11.5 Å². The van der Waals surface area contributed by atoms with Crippen molar-refractivity contribution in [2.24, 2.45) is 0 Å². The van der Waals surface area contributed by atoms with Crippen LogP contribution in [0.3, 0.4) is 0 Å². The summed E-state index contributed by atoms with van der Waals surface area (Å²) in [5, 5.41) is 19.5. The zero-order valence-corrected chi connectivity index (χ0v) is 10.3. The van der Waals surface area contributed by atoms with E-state index in [2.05, 4.69) is 15.9 Å². The molecule has 0 amide bonds. The van der Waals surface area contributed by atoms with Crippen LogP contribution in [0.4, 0.5) is 0 Å². The summed E-state index contributed by atoms with van der Waals surface area (Å²) in [6, 6.07) is 5.04. The van der Waals surface area contributed by atoms with E-state index in [1.54, 1.807) is 12.1 Å². The summed E-state index contributed by atoms with van der Waals surface area (Å²) in [4.78, 5) is 0. The maximum atomic E-state index is 9.28. The molecule has 0 fully saturated rings. The molecule has 0 saturated heterocycles. The maximum absolute atomic E-state index is 9.28. The molecule has 2 N–H and O–H groups in total. The monoisotopic (exact) mass is 272 g/mol. The minimum atomic E-state index is -0.0435. The smallest absolute Gasteiger partial charge is 0.157 e. The van der Waals surface area contributed by atoms with E-state index in [4.69, 9.17) is 5.11 Å². The lowest BCUT2D eigenvalue weighted by Gasteiger charge is -2.03. The van der Waals surface area contributed by atoms with Crippen LogP contribution in [-0.4, -0.2) is 15.5 Å². The summed E-state index contributed by atoms with van der Waals surface area (Å²) >= 11 is 3.40. The van der Waals surface area contributed by atoms with Crippen molar-refractivity contribution in [3.63, 3.8) is 0 Å². The second-order valence-electron chi connectivity index (χ2n) is 3.68. The third-order valence-corrected chi connectivity index (χ3v) is 2.95. The highest BCUT2D eigenvalue weighted by Crippen LogP contribution is 2.25. The molecule has 0 aliphatic rings. The van der Waals surface area contributed by atoms with Crippen LogP contribution in [-0.2, 0) is 6.42 Å². The van der Waals surface area contributed by atoms with Crippen LogP contribution in [0.2, 0.25) is 0 Å². The van der Waals surface area contributed by atoms with Gasteiger partial charge >= 0.3 is 0 Å². The van der Waals surface area contributed by atoms with Crippen molar-refractivity contribution >= 4 is 15.9 Å². The molecule has 1 aromatic carbocycles. The second kappa shape index (κ2) is 6.72. The Labute approximate surface area is 99.1 Å². The van der Waals surface area contributed by atoms with Crippen LogP contribution in [0.15, 0.2) is 18.2 Å². The highest BCUT2D eigenvalue weighted by Gasteiger charge is 2.00. The number of unbranched alkanes of at least 4 members (excludes halogenated alkanes) is 3. The fourth-order valence-electron chi connectivity index (χ4n) is 1.50. The molecule has 2 nitrogen and oxygen atoms in total. The largest absolute Gasteiger partial charge is 0.504 e. The molecule has 0 aliphatic heterocycles. The highest BCUT2D eigenvalue weighted by molar-refractivity contribution is 9.09. The molecule has 1 rings (SSSR count). The van der Waals surface area contributed by atoms with Crippen molar-refractivity contribution in [1.29, 1.82) is 0 Å². The number of rotatable bonds is 6. The molecular weight excluding hydrogens is 256 g/mol. The van der Waals surface area contributed by atoms with Gasteiger partial charge in [0.25, 0.3) is 0 Å². The number of phenolic OH excluding ortho intramolecular Hbond substituents is 2. The lowest BCUT2D eigenvalue weighted by atomic mass is 10.1. The molecule has 0 radical (unpaired) electrons. The second-order valence-corrected chi connectivity index (χ2v) is 4.47. The van der Waals surface area contributed by atoms with E-state index in [0.717, 1.165) is 23.7 Å². The highest BCUT2D eigenvalue weighted by atomic mass is 79.9. The molecule has 0 unspecified atom stereocenters. The van der Waals surface area contributed by atoms with Gasteiger partial charge in [0.2, 0.25) is 0 Å². The standard InChI is InChI=1S/C12H17BrO2/c13-8-4-2-1-3-5-10-6-7-11(14)12(15)9-10/h6-7,9,14-15H,1-5,8H2. The molecule has 3 heteroatoms. The van der Waals surface area contributed by atoms with Gasteiger partial charge in [-0.1, -0.05) is 34.8 Å². The number of halogens is 1. The molecule has 15 heavy (non-hydrogen) atoms. The molecular formula is C12H17BrO2. The average Bonchev–Trinajstić information content (AvgIpc) is 2.23. The van der Waals surface area contributed by atoms with Crippen molar-refractivity contribution in [2.75, 3.05) is 5.33 Å². The fourth-order valence-corrected chi connectivity index (χ4v) is 1.90. The van der Waals surface area contributed by atoms with E-state index < -0.39 is 0 Å². The normalized spacial score (nSPS) is 10.5. The molecule has 0 aromatic heterocycles. The first-order valence-corrected chi connectivity index (χ1v) is 6.43. The zero-order valence-electron chi connectivity index (χ0n) is 8.75. The van der Waals surface area contributed by atoms with Crippen LogP contribution in [0.5, 0.6) is 11.5 Å². The predicted molar refractivity (Wildman–Crippen MR) is 65.7 cm³/mol. The Balaban J connectivity index is 2.28. The van der Waals surface area contributed by atoms with Gasteiger partial charge in [-0.05, 0) is 37.0 Å². The quantitative estimate of drug-likeness (QED) is 0.472. The van der Waals surface area contributed by atoms with Gasteiger partial charge in [0.1, 0.15) is 0 Å². The SMILES string of the molecule is Oc1ccc(CCCCCCBr)cc1O. The van der Waals surface area contributed by atoms with E-state index in [0.29, 0.717) is 0 Å². The van der Waals surface area contributed by atoms with Crippen molar-refractivity contribution in [2.45, 2.75) is 32.1 Å². The Morgan fingerprint density at radius 1 is 0.933 bits per heavy atom.